The maximum atomic E-state index is 13.0. The molecule has 0 unspecified atom stereocenters. The molecule has 0 aromatic heterocycles. The first-order valence-electron chi connectivity index (χ1n) is 8.58. The van der Waals surface area contributed by atoms with Crippen LogP contribution in [0.25, 0.3) is 6.08 Å². The molecule has 0 bridgehead atoms. The second-order valence-corrected chi connectivity index (χ2v) is 7.89. The van der Waals surface area contributed by atoms with Crippen molar-refractivity contribution in [3.05, 3.63) is 69.3 Å². The summed E-state index contributed by atoms with van der Waals surface area (Å²) < 4.78 is 19.2. The molecule has 1 fully saturated rings. The fraction of sp³-hybridized carbons (Fsp3) is 0.150. The Hall–Kier alpha value is -2.65. The van der Waals surface area contributed by atoms with E-state index in [-0.39, 0.29) is 36.3 Å². The lowest BCUT2D eigenvalue weighted by Gasteiger charge is -2.13. The Balaban J connectivity index is 1.47. The van der Waals surface area contributed by atoms with Crippen LogP contribution in [0.3, 0.4) is 0 Å². The van der Waals surface area contributed by atoms with Crippen LogP contribution in [-0.2, 0) is 9.59 Å². The number of carbonyl (C=O) groups excluding carboxylic acids is 3. The third-order valence-corrected chi connectivity index (χ3v) is 5.32. The number of amides is 3. The van der Waals surface area contributed by atoms with Crippen molar-refractivity contribution in [2.24, 2.45) is 0 Å². The van der Waals surface area contributed by atoms with Crippen molar-refractivity contribution in [2.75, 3.05) is 19.7 Å². The maximum absolute atomic E-state index is 13.0. The molecule has 1 aliphatic heterocycles. The minimum atomic E-state index is -0.440. The maximum Gasteiger partial charge on any atom is 0.293 e. The molecule has 1 aliphatic rings. The highest BCUT2D eigenvalue weighted by Crippen LogP contribution is 2.31. The summed E-state index contributed by atoms with van der Waals surface area (Å²) in [4.78, 5) is 37.7. The van der Waals surface area contributed by atoms with Crippen LogP contribution in [0.4, 0.5) is 9.18 Å². The summed E-state index contributed by atoms with van der Waals surface area (Å²) in [6.07, 6.45) is 1.54. The van der Waals surface area contributed by atoms with Crippen molar-refractivity contribution >= 4 is 50.8 Å². The normalized spacial score (nSPS) is 15.1. The van der Waals surface area contributed by atoms with Crippen molar-refractivity contribution in [3.63, 3.8) is 0 Å². The lowest BCUT2D eigenvalue weighted by molar-refractivity contribution is -0.125. The lowest BCUT2D eigenvalue weighted by Crippen LogP contribution is -2.38. The number of nitrogens with one attached hydrogen (secondary N) is 1. The van der Waals surface area contributed by atoms with Gasteiger partial charge in [-0.1, -0.05) is 28.1 Å². The number of carbonyl (C=O) groups is 3. The Bertz CT molecular complexity index is 948. The highest BCUT2D eigenvalue weighted by Gasteiger charge is 2.34. The van der Waals surface area contributed by atoms with E-state index in [0.29, 0.717) is 11.3 Å². The Morgan fingerprint density at radius 3 is 2.52 bits per heavy atom. The first-order valence-corrected chi connectivity index (χ1v) is 10.2. The molecule has 3 rings (SSSR count). The summed E-state index contributed by atoms with van der Waals surface area (Å²) in [5, 5.41) is 2.20. The van der Waals surface area contributed by atoms with Gasteiger partial charge >= 0.3 is 0 Å². The highest BCUT2D eigenvalue weighted by atomic mass is 79.9. The van der Waals surface area contributed by atoms with Crippen molar-refractivity contribution in [1.82, 2.24) is 10.2 Å². The van der Waals surface area contributed by atoms with Gasteiger partial charge in [0.25, 0.3) is 17.1 Å². The third kappa shape index (κ3) is 5.91. The largest absolute Gasteiger partial charge is 0.484 e. The predicted molar refractivity (Wildman–Crippen MR) is 112 cm³/mol. The first-order chi connectivity index (χ1) is 13.9. The molecular weight excluding hydrogens is 463 g/mol. The van der Waals surface area contributed by atoms with Crippen LogP contribution in [0.1, 0.15) is 5.56 Å². The fourth-order valence-electron chi connectivity index (χ4n) is 2.44. The van der Waals surface area contributed by atoms with Crippen LogP contribution in [0.2, 0.25) is 0 Å². The number of rotatable bonds is 7. The van der Waals surface area contributed by atoms with Gasteiger partial charge in [0.05, 0.1) is 4.91 Å². The zero-order valence-corrected chi connectivity index (χ0v) is 17.5. The van der Waals surface area contributed by atoms with Gasteiger partial charge in [0.1, 0.15) is 11.6 Å². The molecule has 6 nitrogen and oxygen atoms in total. The molecule has 9 heteroatoms. The van der Waals surface area contributed by atoms with Crippen LogP contribution >= 0.6 is 27.7 Å². The number of nitrogens with zero attached hydrogens (tertiary/aromatic N) is 1. The molecule has 0 radical (unpaired) electrons. The van der Waals surface area contributed by atoms with Crippen LogP contribution in [0.5, 0.6) is 5.75 Å². The molecule has 29 heavy (non-hydrogen) atoms. The van der Waals surface area contributed by atoms with Crippen LogP contribution < -0.4 is 10.1 Å². The van der Waals surface area contributed by atoms with E-state index in [1.165, 1.54) is 30.3 Å². The molecule has 1 heterocycles. The zero-order valence-electron chi connectivity index (χ0n) is 15.1. The van der Waals surface area contributed by atoms with E-state index >= 15 is 0 Å². The van der Waals surface area contributed by atoms with Crippen LogP contribution in [0, 0.1) is 5.82 Å². The van der Waals surface area contributed by atoms with Gasteiger partial charge in [0, 0.05) is 17.6 Å². The van der Waals surface area contributed by atoms with E-state index < -0.39 is 11.1 Å². The van der Waals surface area contributed by atoms with E-state index in [4.69, 9.17) is 4.74 Å². The minimum Gasteiger partial charge on any atom is -0.484 e. The Labute approximate surface area is 179 Å². The number of ether oxygens (including phenoxy) is 1. The van der Waals surface area contributed by atoms with Gasteiger partial charge in [-0.2, -0.15) is 0 Å². The van der Waals surface area contributed by atoms with Gasteiger partial charge in [0.15, 0.2) is 6.61 Å². The summed E-state index contributed by atoms with van der Waals surface area (Å²) in [5.74, 6) is -0.623. The van der Waals surface area contributed by atoms with Gasteiger partial charge in [-0.05, 0) is 59.8 Å². The second-order valence-electron chi connectivity index (χ2n) is 5.98. The SMILES string of the molecule is O=C(COc1ccc(Br)cc1)NCCN1C(=O)S/C(=C\c2ccc(F)cc2)C1=O. The average Bonchev–Trinajstić information content (AvgIpc) is 2.96. The van der Waals surface area contributed by atoms with Gasteiger partial charge in [-0.15, -0.1) is 0 Å². The molecule has 0 aliphatic carbocycles. The summed E-state index contributed by atoms with van der Waals surface area (Å²) in [6.45, 7) is -0.00611. The third-order valence-electron chi connectivity index (χ3n) is 3.88. The minimum absolute atomic E-state index is 0.0510. The molecule has 0 atom stereocenters. The van der Waals surface area contributed by atoms with Gasteiger partial charge in [-0.25, -0.2) is 4.39 Å². The summed E-state index contributed by atoms with van der Waals surface area (Å²) in [6, 6.07) is 12.7. The van der Waals surface area contributed by atoms with Crippen LogP contribution in [0.15, 0.2) is 57.9 Å². The predicted octanol–water partition coefficient (Wildman–Crippen LogP) is 3.82. The molecule has 2 aromatic carbocycles. The van der Waals surface area contributed by atoms with E-state index in [0.717, 1.165) is 21.1 Å². The molecule has 2 aromatic rings. The Morgan fingerprint density at radius 1 is 1.14 bits per heavy atom. The number of imide groups is 1. The van der Waals surface area contributed by atoms with Crippen molar-refractivity contribution in [3.8, 4) is 5.75 Å². The highest BCUT2D eigenvalue weighted by molar-refractivity contribution is 9.10. The molecule has 0 saturated carbocycles. The number of benzene rings is 2. The zero-order chi connectivity index (χ0) is 20.8. The van der Waals surface area contributed by atoms with Crippen LogP contribution in [-0.4, -0.2) is 41.6 Å². The quantitative estimate of drug-likeness (QED) is 0.612. The van der Waals surface area contributed by atoms with Crippen molar-refractivity contribution in [2.45, 2.75) is 0 Å². The summed E-state index contributed by atoms with van der Waals surface area (Å²) in [7, 11) is 0. The van der Waals surface area contributed by atoms with E-state index in [1.807, 2.05) is 0 Å². The molecule has 1 N–H and O–H groups in total. The Kier molecular flexibility index (Phi) is 7.05. The van der Waals surface area contributed by atoms with E-state index in [1.54, 1.807) is 24.3 Å². The van der Waals surface area contributed by atoms with Crippen molar-refractivity contribution < 1.29 is 23.5 Å². The monoisotopic (exact) mass is 478 g/mol. The van der Waals surface area contributed by atoms with Gasteiger partial charge < -0.3 is 10.1 Å². The van der Waals surface area contributed by atoms with E-state index in [2.05, 4.69) is 21.2 Å². The topological polar surface area (TPSA) is 75.7 Å². The number of hydrogen-bond acceptors (Lipinski definition) is 5. The average molecular weight is 479 g/mol. The van der Waals surface area contributed by atoms with E-state index in [9.17, 15) is 18.8 Å². The van der Waals surface area contributed by atoms with Crippen molar-refractivity contribution in [1.29, 1.82) is 0 Å². The van der Waals surface area contributed by atoms with Gasteiger partial charge in [0.2, 0.25) is 0 Å². The molecule has 1 saturated heterocycles. The summed E-state index contributed by atoms with van der Waals surface area (Å²) in [5.41, 5.74) is 0.621. The summed E-state index contributed by atoms with van der Waals surface area (Å²) >= 11 is 4.12. The Morgan fingerprint density at radius 2 is 1.83 bits per heavy atom. The standard InChI is InChI=1S/C20H16BrFN2O4S/c21-14-3-7-16(8-4-14)28-12-18(25)23-9-10-24-19(26)17(29-20(24)27)11-13-1-5-15(22)6-2-13/h1-8,11H,9-10,12H2,(H,23,25)/b17-11-. The first kappa shape index (κ1) is 21.1. The fourth-order valence-corrected chi connectivity index (χ4v) is 3.57. The smallest absolute Gasteiger partial charge is 0.293 e. The number of thioether (sulfide) groups is 1. The number of hydrogen-bond donors (Lipinski definition) is 1. The lowest BCUT2D eigenvalue weighted by atomic mass is 10.2. The number of halogens is 2. The molecule has 150 valence electrons. The van der Waals surface area contributed by atoms with Gasteiger partial charge in [-0.3, -0.25) is 19.3 Å². The molecule has 0 spiro atoms. The second kappa shape index (κ2) is 9.71. The molecular formula is C20H16BrFN2O4S. The molecule has 3 amide bonds.